The molecule has 0 bridgehead atoms. The minimum atomic E-state index is 0.333. The summed E-state index contributed by atoms with van der Waals surface area (Å²) in [6.45, 7) is 0.638. The summed E-state index contributed by atoms with van der Waals surface area (Å²) in [6.07, 6.45) is 4.70. The second-order valence-corrected chi connectivity index (χ2v) is 6.39. The number of hydrogen-bond acceptors (Lipinski definition) is 6. The Balaban J connectivity index is 1.55. The smallest absolute Gasteiger partial charge is 0.169 e. The summed E-state index contributed by atoms with van der Waals surface area (Å²) >= 11 is 0. The molecule has 3 rings (SSSR count). The summed E-state index contributed by atoms with van der Waals surface area (Å²) in [5, 5.41) is 0. The number of ether oxygens (including phenoxy) is 1. The molecule has 2 aromatic rings. The van der Waals surface area contributed by atoms with Crippen molar-refractivity contribution in [2.24, 2.45) is 11.8 Å². The van der Waals surface area contributed by atoms with Crippen LogP contribution in [0, 0.1) is 5.92 Å². The molecule has 0 amide bonds. The lowest BCUT2D eigenvalue weighted by Crippen LogP contribution is -2.20. The van der Waals surface area contributed by atoms with Gasteiger partial charge in [-0.25, -0.2) is 10.8 Å². The maximum absolute atomic E-state index is 5.99. The van der Waals surface area contributed by atoms with Crippen molar-refractivity contribution >= 4 is 17.3 Å². The van der Waals surface area contributed by atoms with E-state index in [0.717, 1.165) is 12.8 Å². The third kappa shape index (κ3) is 3.71. The van der Waals surface area contributed by atoms with Crippen LogP contribution >= 0.6 is 0 Å². The highest BCUT2D eigenvalue weighted by Gasteiger charge is 2.23. The Morgan fingerprint density at radius 2 is 1.79 bits per heavy atom. The van der Waals surface area contributed by atoms with Crippen LogP contribution in [0.5, 0.6) is 5.75 Å². The number of rotatable bonds is 5. The molecule has 128 valence electrons. The normalized spacial score (nSPS) is 20.5. The SMILES string of the molecule is NNc1nc(N)cc(OCC2CCC(c3ccccc3)CC2)c1N. The van der Waals surface area contributed by atoms with E-state index in [0.29, 0.717) is 41.5 Å². The molecule has 0 saturated heterocycles. The van der Waals surface area contributed by atoms with Crippen LogP contribution in [0.2, 0.25) is 0 Å². The summed E-state index contributed by atoms with van der Waals surface area (Å²) in [7, 11) is 0. The van der Waals surface area contributed by atoms with Gasteiger partial charge in [0.05, 0.1) is 6.61 Å². The highest BCUT2D eigenvalue weighted by atomic mass is 16.5. The molecule has 1 aromatic heterocycles. The van der Waals surface area contributed by atoms with Crippen molar-refractivity contribution in [3.63, 3.8) is 0 Å². The van der Waals surface area contributed by atoms with Gasteiger partial charge in [-0.3, -0.25) is 0 Å². The summed E-state index contributed by atoms with van der Waals surface area (Å²) in [6, 6.07) is 12.4. The van der Waals surface area contributed by atoms with Crippen LogP contribution in [0.3, 0.4) is 0 Å². The van der Waals surface area contributed by atoms with Crippen LogP contribution in [0.4, 0.5) is 17.3 Å². The monoisotopic (exact) mass is 327 g/mol. The highest BCUT2D eigenvalue weighted by molar-refractivity contribution is 5.71. The van der Waals surface area contributed by atoms with Gasteiger partial charge >= 0.3 is 0 Å². The third-order valence-corrected chi connectivity index (χ3v) is 4.77. The van der Waals surface area contributed by atoms with E-state index in [1.807, 2.05) is 0 Å². The van der Waals surface area contributed by atoms with Crippen LogP contribution in [0.1, 0.15) is 37.2 Å². The Morgan fingerprint density at radius 3 is 2.46 bits per heavy atom. The molecule has 1 aliphatic rings. The van der Waals surface area contributed by atoms with Gasteiger partial charge in [-0.2, -0.15) is 0 Å². The molecule has 0 unspecified atom stereocenters. The van der Waals surface area contributed by atoms with Crippen LogP contribution in [0.25, 0.3) is 0 Å². The largest absolute Gasteiger partial charge is 0.491 e. The van der Waals surface area contributed by atoms with Gasteiger partial charge in [0.1, 0.15) is 17.3 Å². The molecule has 0 spiro atoms. The molecular formula is C18H25N5O. The van der Waals surface area contributed by atoms with Crippen LogP contribution in [-0.4, -0.2) is 11.6 Å². The first kappa shape index (κ1) is 16.4. The van der Waals surface area contributed by atoms with Crippen LogP contribution < -0.4 is 27.5 Å². The number of nitrogens with two attached hydrogens (primary N) is 3. The van der Waals surface area contributed by atoms with E-state index in [9.17, 15) is 0 Å². The Hall–Kier alpha value is -2.47. The topological polar surface area (TPSA) is 112 Å². The average Bonchev–Trinajstić information content (AvgIpc) is 2.63. The Bertz CT molecular complexity index is 669. The average molecular weight is 327 g/mol. The summed E-state index contributed by atoms with van der Waals surface area (Å²) in [5.74, 6) is 7.81. The van der Waals surface area contributed by atoms with Gasteiger partial charge in [-0.1, -0.05) is 30.3 Å². The number of aromatic nitrogens is 1. The van der Waals surface area contributed by atoms with Crippen molar-refractivity contribution in [3.05, 3.63) is 42.0 Å². The number of nitrogens with zero attached hydrogens (tertiary/aromatic N) is 1. The van der Waals surface area contributed by atoms with Crippen molar-refractivity contribution in [2.45, 2.75) is 31.6 Å². The third-order valence-electron chi connectivity index (χ3n) is 4.77. The van der Waals surface area contributed by atoms with Crippen LogP contribution in [-0.2, 0) is 0 Å². The first-order chi connectivity index (χ1) is 11.7. The Kier molecular flexibility index (Phi) is 5.05. The van der Waals surface area contributed by atoms with Crippen molar-refractivity contribution in [2.75, 3.05) is 23.5 Å². The first-order valence-corrected chi connectivity index (χ1v) is 8.37. The number of anilines is 3. The van der Waals surface area contributed by atoms with E-state index >= 15 is 0 Å². The highest BCUT2D eigenvalue weighted by Crippen LogP contribution is 2.36. The van der Waals surface area contributed by atoms with Crippen LogP contribution in [0.15, 0.2) is 36.4 Å². The maximum atomic E-state index is 5.99. The summed E-state index contributed by atoms with van der Waals surface area (Å²) in [5.41, 5.74) is 16.0. The van der Waals surface area contributed by atoms with Gasteiger partial charge < -0.3 is 21.6 Å². The predicted octanol–water partition coefficient (Wildman–Crippen LogP) is 2.88. The Labute approximate surface area is 142 Å². The van der Waals surface area contributed by atoms with Crippen molar-refractivity contribution in [3.8, 4) is 5.75 Å². The summed E-state index contributed by atoms with van der Waals surface area (Å²) in [4.78, 5) is 4.03. The number of pyridine rings is 1. The van der Waals surface area contributed by atoms with E-state index in [2.05, 4.69) is 40.7 Å². The van der Waals surface area contributed by atoms with Gasteiger partial charge in [0, 0.05) is 6.07 Å². The second-order valence-electron chi connectivity index (χ2n) is 6.39. The molecule has 1 fully saturated rings. The standard InChI is InChI=1S/C18H25N5O/c19-16-10-15(17(20)18(22-16)23-21)24-11-12-6-8-14(9-7-12)13-4-2-1-3-5-13/h1-5,10,12,14H,6-9,11,20-21H2,(H3,19,22,23). The predicted molar refractivity (Wildman–Crippen MR) is 97.5 cm³/mol. The Morgan fingerprint density at radius 1 is 1.08 bits per heavy atom. The molecule has 1 aromatic carbocycles. The van der Waals surface area contributed by atoms with Crippen molar-refractivity contribution < 1.29 is 4.74 Å². The molecule has 6 nitrogen and oxygen atoms in total. The van der Waals surface area contributed by atoms with E-state index in [1.165, 1.54) is 18.4 Å². The van der Waals surface area contributed by atoms with E-state index < -0.39 is 0 Å². The number of nitrogens with one attached hydrogen (secondary N) is 1. The molecule has 1 saturated carbocycles. The molecule has 0 radical (unpaired) electrons. The van der Waals surface area contributed by atoms with Gasteiger partial charge in [0.25, 0.3) is 0 Å². The first-order valence-electron chi connectivity index (χ1n) is 8.37. The number of hydrazine groups is 1. The molecule has 0 atom stereocenters. The number of benzene rings is 1. The minimum Gasteiger partial charge on any atom is -0.491 e. The van der Waals surface area contributed by atoms with Gasteiger partial charge in [-0.15, -0.1) is 0 Å². The molecule has 1 heterocycles. The molecular weight excluding hydrogens is 302 g/mol. The minimum absolute atomic E-state index is 0.333. The maximum Gasteiger partial charge on any atom is 0.169 e. The zero-order valence-electron chi connectivity index (χ0n) is 13.7. The summed E-state index contributed by atoms with van der Waals surface area (Å²) < 4.78 is 5.90. The lowest BCUT2D eigenvalue weighted by molar-refractivity contribution is 0.201. The zero-order valence-corrected chi connectivity index (χ0v) is 13.7. The zero-order chi connectivity index (χ0) is 16.9. The number of hydrogen-bond donors (Lipinski definition) is 4. The molecule has 24 heavy (non-hydrogen) atoms. The quantitative estimate of drug-likeness (QED) is 0.496. The van der Waals surface area contributed by atoms with E-state index in [4.69, 9.17) is 22.0 Å². The van der Waals surface area contributed by atoms with Gasteiger partial charge in [0.2, 0.25) is 0 Å². The van der Waals surface area contributed by atoms with Gasteiger partial charge in [-0.05, 0) is 43.1 Å². The molecule has 6 heteroatoms. The molecule has 7 N–H and O–H groups in total. The van der Waals surface area contributed by atoms with E-state index in [1.54, 1.807) is 6.07 Å². The van der Waals surface area contributed by atoms with Gasteiger partial charge in [0.15, 0.2) is 5.82 Å². The van der Waals surface area contributed by atoms with Crippen molar-refractivity contribution in [1.82, 2.24) is 4.98 Å². The van der Waals surface area contributed by atoms with Crippen molar-refractivity contribution in [1.29, 1.82) is 0 Å². The fourth-order valence-electron chi connectivity index (χ4n) is 3.38. The number of nitrogen functional groups attached to an aromatic ring is 3. The lowest BCUT2D eigenvalue weighted by atomic mass is 9.79. The molecule has 0 aliphatic heterocycles. The lowest BCUT2D eigenvalue weighted by Gasteiger charge is -2.29. The fraction of sp³-hybridized carbons (Fsp3) is 0.389. The fourth-order valence-corrected chi connectivity index (χ4v) is 3.38. The second kappa shape index (κ2) is 7.40. The van der Waals surface area contributed by atoms with E-state index in [-0.39, 0.29) is 0 Å². The molecule has 1 aliphatic carbocycles.